The smallest absolute Gasteiger partial charge is 0.273 e. The van der Waals surface area contributed by atoms with Crippen molar-refractivity contribution >= 4 is 5.69 Å². The molecule has 0 amide bonds. The lowest BCUT2D eigenvalue weighted by molar-refractivity contribution is -0.384. The molecule has 0 aromatic heterocycles. The molecule has 0 aliphatic carbocycles. The third-order valence-corrected chi connectivity index (χ3v) is 2.89. The van der Waals surface area contributed by atoms with Gasteiger partial charge in [0.05, 0.1) is 24.2 Å². The second-order valence-corrected chi connectivity index (χ2v) is 4.72. The summed E-state index contributed by atoms with van der Waals surface area (Å²) < 4.78 is 10.7. The highest BCUT2D eigenvalue weighted by Crippen LogP contribution is 2.19. The first-order valence-corrected chi connectivity index (χ1v) is 6.82. The summed E-state index contributed by atoms with van der Waals surface area (Å²) in [6.45, 7) is 0.550. The van der Waals surface area contributed by atoms with Crippen LogP contribution in [-0.2, 0) is 11.3 Å². The van der Waals surface area contributed by atoms with E-state index in [0.29, 0.717) is 12.4 Å². The zero-order valence-electron chi connectivity index (χ0n) is 11.9. The van der Waals surface area contributed by atoms with Crippen LogP contribution in [0.4, 0.5) is 5.69 Å². The van der Waals surface area contributed by atoms with Crippen LogP contribution in [-0.4, -0.2) is 29.3 Å². The van der Waals surface area contributed by atoms with Gasteiger partial charge in [-0.2, -0.15) is 0 Å². The Bertz CT molecular complexity index is 602. The molecule has 2 aromatic rings. The van der Waals surface area contributed by atoms with Crippen LogP contribution in [0.1, 0.15) is 5.56 Å². The van der Waals surface area contributed by atoms with Gasteiger partial charge >= 0.3 is 0 Å². The van der Waals surface area contributed by atoms with E-state index in [1.165, 1.54) is 18.2 Å². The first-order chi connectivity index (χ1) is 10.6. The van der Waals surface area contributed by atoms with Gasteiger partial charge < -0.3 is 14.6 Å². The molecule has 0 saturated carbocycles. The summed E-state index contributed by atoms with van der Waals surface area (Å²) in [5.41, 5.74) is 0.974. The standard InChI is InChI=1S/C16H17NO5/c18-15(11-21-10-13-5-2-1-3-6-13)12-22-16-8-4-7-14(9-16)17(19)20/h1-9,15,18H,10-12H2. The van der Waals surface area contributed by atoms with Crippen molar-refractivity contribution in [1.29, 1.82) is 0 Å². The highest BCUT2D eigenvalue weighted by atomic mass is 16.6. The Balaban J connectivity index is 1.72. The molecule has 0 aliphatic rings. The molecule has 0 fully saturated rings. The van der Waals surface area contributed by atoms with E-state index in [0.717, 1.165) is 5.56 Å². The normalized spacial score (nSPS) is 11.9. The van der Waals surface area contributed by atoms with E-state index in [1.54, 1.807) is 6.07 Å². The third-order valence-electron chi connectivity index (χ3n) is 2.89. The lowest BCUT2D eigenvalue weighted by Crippen LogP contribution is -2.23. The number of nitro benzene ring substituents is 1. The van der Waals surface area contributed by atoms with E-state index in [9.17, 15) is 15.2 Å². The predicted octanol–water partition coefficient (Wildman–Crippen LogP) is 2.55. The topological polar surface area (TPSA) is 81.8 Å². The van der Waals surface area contributed by atoms with Crippen molar-refractivity contribution in [3.8, 4) is 5.75 Å². The number of nitro groups is 1. The lowest BCUT2D eigenvalue weighted by Gasteiger charge is -2.12. The van der Waals surface area contributed by atoms with Crippen molar-refractivity contribution < 1.29 is 19.5 Å². The number of hydrogen-bond donors (Lipinski definition) is 1. The number of non-ortho nitro benzene ring substituents is 1. The second kappa shape index (κ2) is 8.11. The van der Waals surface area contributed by atoms with Gasteiger partial charge in [0.25, 0.3) is 5.69 Å². The number of ether oxygens (including phenoxy) is 2. The van der Waals surface area contributed by atoms with Crippen LogP contribution >= 0.6 is 0 Å². The van der Waals surface area contributed by atoms with E-state index in [2.05, 4.69) is 0 Å². The molecular formula is C16H17NO5. The van der Waals surface area contributed by atoms with Crippen LogP contribution in [0.5, 0.6) is 5.75 Å². The fraction of sp³-hybridized carbons (Fsp3) is 0.250. The predicted molar refractivity (Wildman–Crippen MR) is 80.7 cm³/mol. The SMILES string of the molecule is O=[N+]([O-])c1cccc(OCC(O)COCc2ccccc2)c1. The van der Waals surface area contributed by atoms with E-state index < -0.39 is 11.0 Å². The molecular weight excluding hydrogens is 286 g/mol. The van der Waals surface area contributed by atoms with Crippen molar-refractivity contribution in [2.45, 2.75) is 12.7 Å². The van der Waals surface area contributed by atoms with Crippen LogP contribution in [0.25, 0.3) is 0 Å². The fourth-order valence-corrected chi connectivity index (χ4v) is 1.81. The first-order valence-electron chi connectivity index (χ1n) is 6.82. The van der Waals surface area contributed by atoms with Gasteiger partial charge in [-0.25, -0.2) is 0 Å². The maximum atomic E-state index is 10.6. The van der Waals surface area contributed by atoms with E-state index >= 15 is 0 Å². The van der Waals surface area contributed by atoms with Gasteiger partial charge in [-0.1, -0.05) is 36.4 Å². The first kappa shape index (κ1) is 15.9. The fourth-order valence-electron chi connectivity index (χ4n) is 1.81. The van der Waals surface area contributed by atoms with Crippen molar-refractivity contribution in [3.05, 3.63) is 70.3 Å². The van der Waals surface area contributed by atoms with Crippen molar-refractivity contribution in [2.24, 2.45) is 0 Å². The van der Waals surface area contributed by atoms with Crippen LogP contribution in [0, 0.1) is 10.1 Å². The zero-order chi connectivity index (χ0) is 15.8. The average Bonchev–Trinajstić information content (AvgIpc) is 2.54. The van der Waals surface area contributed by atoms with E-state index in [-0.39, 0.29) is 18.9 Å². The average molecular weight is 303 g/mol. The van der Waals surface area contributed by atoms with Crippen molar-refractivity contribution in [1.82, 2.24) is 0 Å². The van der Waals surface area contributed by atoms with E-state index in [4.69, 9.17) is 9.47 Å². The number of aliphatic hydroxyl groups is 1. The van der Waals surface area contributed by atoms with Gasteiger partial charge in [0.1, 0.15) is 18.5 Å². The molecule has 0 spiro atoms. The lowest BCUT2D eigenvalue weighted by atomic mass is 10.2. The molecule has 0 heterocycles. The zero-order valence-corrected chi connectivity index (χ0v) is 11.9. The molecule has 22 heavy (non-hydrogen) atoms. The number of aliphatic hydroxyl groups excluding tert-OH is 1. The Morgan fingerprint density at radius 1 is 1.09 bits per heavy atom. The van der Waals surface area contributed by atoms with E-state index in [1.807, 2.05) is 30.3 Å². The maximum absolute atomic E-state index is 10.6. The molecule has 1 N–H and O–H groups in total. The molecule has 1 unspecified atom stereocenters. The van der Waals surface area contributed by atoms with Crippen LogP contribution in [0.3, 0.4) is 0 Å². The maximum Gasteiger partial charge on any atom is 0.273 e. The highest BCUT2D eigenvalue weighted by Gasteiger charge is 2.09. The van der Waals surface area contributed by atoms with Gasteiger partial charge in [0.15, 0.2) is 0 Å². The van der Waals surface area contributed by atoms with Crippen LogP contribution in [0.2, 0.25) is 0 Å². The molecule has 116 valence electrons. The Labute approximate surface area is 128 Å². The number of rotatable bonds is 8. The number of benzene rings is 2. The third kappa shape index (κ3) is 5.16. The Morgan fingerprint density at radius 3 is 2.59 bits per heavy atom. The summed E-state index contributed by atoms with van der Waals surface area (Å²) in [5, 5.41) is 20.4. The van der Waals surface area contributed by atoms with Crippen LogP contribution < -0.4 is 4.74 Å². The summed E-state index contributed by atoms with van der Waals surface area (Å²) >= 11 is 0. The summed E-state index contributed by atoms with van der Waals surface area (Å²) in [5.74, 6) is 0.344. The Morgan fingerprint density at radius 2 is 1.86 bits per heavy atom. The molecule has 2 aromatic carbocycles. The van der Waals surface area contributed by atoms with Gasteiger partial charge in [-0.3, -0.25) is 10.1 Å². The summed E-state index contributed by atoms with van der Waals surface area (Å²) in [6.07, 6.45) is -0.803. The second-order valence-electron chi connectivity index (χ2n) is 4.72. The van der Waals surface area contributed by atoms with Crippen molar-refractivity contribution in [2.75, 3.05) is 13.2 Å². The number of hydrogen-bond acceptors (Lipinski definition) is 5. The molecule has 2 rings (SSSR count). The van der Waals surface area contributed by atoms with Gasteiger partial charge in [0, 0.05) is 6.07 Å². The molecule has 6 nitrogen and oxygen atoms in total. The minimum Gasteiger partial charge on any atom is -0.491 e. The molecule has 0 radical (unpaired) electrons. The molecule has 0 saturated heterocycles. The van der Waals surface area contributed by atoms with Crippen molar-refractivity contribution in [3.63, 3.8) is 0 Å². The minimum atomic E-state index is -0.803. The summed E-state index contributed by atoms with van der Waals surface area (Å²) in [6, 6.07) is 15.5. The molecule has 0 aliphatic heterocycles. The summed E-state index contributed by atoms with van der Waals surface area (Å²) in [4.78, 5) is 10.2. The van der Waals surface area contributed by atoms with Crippen LogP contribution in [0.15, 0.2) is 54.6 Å². The van der Waals surface area contributed by atoms with Gasteiger partial charge in [-0.05, 0) is 11.6 Å². The van der Waals surface area contributed by atoms with Gasteiger partial charge in [-0.15, -0.1) is 0 Å². The number of nitrogens with zero attached hydrogens (tertiary/aromatic N) is 1. The molecule has 1 atom stereocenters. The Hall–Kier alpha value is -2.44. The Kier molecular flexibility index (Phi) is 5.88. The largest absolute Gasteiger partial charge is 0.491 e. The summed E-state index contributed by atoms with van der Waals surface area (Å²) in [7, 11) is 0. The minimum absolute atomic E-state index is 0.00988. The highest BCUT2D eigenvalue weighted by molar-refractivity contribution is 5.37. The molecule has 6 heteroatoms. The molecule has 0 bridgehead atoms. The quantitative estimate of drug-likeness (QED) is 0.598. The monoisotopic (exact) mass is 303 g/mol. The van der Waals surface area contributed by atoms with Gasteiger partial charge in [0.2, 0.25) is 0 Å².